The maximum Gasteiger partial charge on any atom is 0.0887 e. The van der Waals surface area contributed by atoms with Crippen molar-refractivity contribution in [3.05, 3.63) is 41.5 Å². The Balaban J connectivity index is 2.13. The normalized spacial score (nSPS) is 20.5. The maximum atomic E-state index is 2.42. The molecule has 1 aliphatic carbocycles. The second-order valence-electron chi connectivity index (χ2n) is 4.36. The summed E-state index contributed by atoms with van der Waals surface area (Å²) in [5.41, 5.74) is 3.73. The summed E-state index contributed by atoms with van der Waals surface area (Å²) in [6.07, 6.45) is 8.81. The minimum atomic E-state index is 0.805. The van der Waals surface area contributed by atoms with Crippen molar-refractivity contribution in [2.24, 2.45) is 0 Å². The zero-order valence-electron chi connectivity index (χ0n) is 9.59. The SMILES string of the molecule is Cc1cccc([Si]C2C=CCCC2)c1C. The lowest BCUT2D eigenvalue weighted by molar-refractivity contribution is 0.726. The Bertz CT molecular complexity index is 366. The standard InChI is InChI=1S/C14H18Si/c1-11-7-6-10-14(12(11)2)15-13-8-4-3-5-9-13/h4,6-8,10,13H,3,5,9H2,1-2H3. The van der Waals surface area contributed by atoms with Crippen LogP contribution in [0.2, 0.25) is 5.54 Å². The second-order valence-corrected chi connectivity index (χ2v) is 5.93. The highest BCUT2D eigenvalue weighted by atomic mass is 28.2. The Morgan fingerprint density at radius 2 is 2.13 bits per heavy atom. The first-order valence-electron chi connectivity index (χ1n) is 5.77. The third-order valence-electron chi connectivity index (χ3n) is 3.20. The van der Waals surface area contributed by atoms with Crippen LogP contribution in [0.4, 0.5) is 0 Å². The molecule has 0 fully saturated rings. The van der Waals surface area contributed by atoms with Crippen LogP contribution < -0.4 is 5.19 Å². The fourth-order valence-corrected chi connectivity index (χ4v) is 3.63. The Labute approximate surface area is 95.2 Å². The molecule has 2 rings (SSSR count). The van der Waals surface area contributed by atoms with Crippen LogP contribution >= 0.6 is 0 Å². The van der Waals surface area contributed by atoms with E-state index in [1.54, 1.807) is 5.19 Å². The summed E-state index contributed by atoms with van der Waals surface area (Å²) in [5, 5.41) is 1.56. The summed E-state index contributed by atoms with van der Waals surface area (Å²) in [7, 11) is 0.962. The molecule has 1 unspecified atom stereocenters. The quantitative estimate of drug-likeness (QED) is 0.524. The monoisotopic (exact) mass is 214 g/mol. The van der Waals surface area contributed by atoms with Gasteiger partial charge in [0.15, 0.2) is 0 Å². The smallest absolute Gasteiger partial charge is 0.0886 e. The van der Waals surface area contributed by atoms with Crippen LogP contribution in [-0.2, 0) is 0 Å². The van der Waals surface area contributed by atoms with E-state index in [1.165, 1.54) is 30.4 Å². The summed E-state index contributed by atoms with van der Waals surface area (Å²) in [6.45, 7) is 4.46. The van der Waals surface area contributed by atoms with E-state index in [1.807, 2.05) is 0 Å². The van der Waals surface area contributed by atoms with Crippen LogP contribution in [0.1, 0.15) is 30.4 Å². The minimum absolute atomic E-state index is 0.805. The Hall–Kier alpha value is -0.823. The molecule has 2 radical (unpaired) electrons. The van der Waals surface area contributed by atoms with Gasteiger partial charge in [0.25, 0.3) is 0 Å². The molecule has 0 aromatic heterocycles. The highest BCUT2D eigenvalue weighted by molar-refractivity contribution is 6.56. The number of allylic oxidation sites excluding steroid dienone is 2. The van der Waals surface area contributed by atoms with Gasteiger partial charge in [0.2, 0.25) is 0 Å². The minimum Gasteiger partial charge on any atom is -0.0886 e. The van der Waals surface area contributed by atoms with E-state index in [9.17, 15) is 0 Å². The fourth-order valence-electron chi connectivity index (χ4n) is 2.04. The Morgan fingerprint density at radius 3 is 2.87 bits per heavy atom. The number of rotatable bonds is 2. The van der Waals surface area contributed by atoms with Crippen molar-refractivity contribution in [2.45, 2.75) is 38.7 Å². The molecule has 0 heterocycles. The topological polar surface area (TPSA) is 0 Å². The van der Waals surface area contributed by atoms with Crippen LogP contribution in [0.3, 0.4) is 0 Å². The predicted molar refractivity (Wildman–Crippen MR) is 68.0 cm³/mol. The van der Waals surface area contributed by atoms with Crippen LogP contribution in [0, 0.1) is 13.8 Å². The number of hydrogen-bond donors (Lipinski definition) is 0. The van der Waals surface area contributed by atoms with Crippen LogP contribution in [0.15, 0.2) is 30.4 Å². The highest BCUT2D eigenvalue weighted by Crippen LogP contribution is 2.21. The largest absolute Gasteiger partial charge is 0.0887 e. The average Bonchev–Trinajstić information content (AvgIpc) is 2.26. The van der Waals surface area contributed by atoms with Gasteiger partial charge in [-0.15, -0.1) is 0 Å². The highest BCUT2D eigenvalue weighted by Gasteiger charge is 2.12. The molecule has 0 saturated heterocycles. The summed E-state index contributed by atoms with van der Waals surface area (Å²) in [4.78, 5) is 0. The first-order chi connectivity index (χ1) is 7.27. The fraction of sp³-hybridized carbons (Fsp3) is 0.429. The van der Waals surface area contributed by atoms with E-state index >= 15 is 0 Å². The van der Waals surface area contributed by atoms with Gasteiger partial charge >= 0.3 is 0 Å². The van der Waals surface area contributed by atoms with Gasteiger partial charge in [-0.3, -0.25) is 0 Å². The van der Waals surface area contributed by atoms with Crippen LogP contribution in [0.25, 0.3) is 0 Å². The molecule has 0 saturated carbocycles. The van der Waals surface area contributed by atoms with Gasteiger partial charge in [-0.05, 0) is 49.8 Å². The molecule has 1 heteroatoms. The molecule has 0 aliphatic heterocycles. The second kappa shape index (κ2) is 4.80. The first kappa shape index (κ1) is 10.7. The van der Waals surface area contributed by atoms with E-state index < -0.39 is 0 Å². The van der Waals surface area contributed by atoms with E-state index in [2.05, 4.69) is 44.2 Å². The maximum absolute atomic E-state index is 2.42. The first-order valence-corrected chi connectivity index (χ1v) is 6.84. The van der Waals surface area contributed by atoms with Gasteiger partial charge in [0.05, 0.1) is 9.52 Å². The molecule has 1 aromatic rings. The van der Waals surface area contributed by atoms with Crippen molar-refractivity contribution in [3.8, 4) is 0 Å². The van der Waals surface area contributed by atoms with Gasteiger partial charge in [0, 0.05) is 0 Å². The summed E-state index contributed by atoms with van der Waals surface area (Å²) < 4.78 is 0. The van der Waals surface area contributed by atoms with E-state index in [-0.39, 0.29) is 0 Å². The number of benzene rings is 1. The van der Waals surface area contributed by atoms with Crippen LogP contribution in [-0.4, -0.2) is 9.52 Å². The predicted octanol–water partition coefficient (Wildman–Crippen LogP) is 3.16. The zero-order valence-corrected chi connectivity index (χ0v) is 10.6. The van der Waals surface area contributed by atoms with Gasteiger partial charge in [-0.1, -0.05) is 35.5 Å². The number of hydrogen-bond acceptors (Lipinski definition) is 0. The van der Waals surface area contributed by atoms with E-state index in [0.29, 0.717) is 0 Å². The Morgan fingerprint density at radius 1 is 1.27 bits per heavy atom. The van der Waals surface area contributed by atoms with E-state index in [0.717, 1.165) is 15.1 Å². The molecule has 1 aromatic carbocycles. The van der Waals surface area contributed by atoms with Crippen molar-refractivity contribution in [1.29, 1.82) is 0 Å². The van der Waals surface area contributed by atoms with Crippen molar-refractivity contribution >= 4 is 14.7 Å². The molecule has 15 heavy (non-hydrogen) atoms. The average molecular weight is 214 g/mol. The summed E-state index contributed by atoms with van der Waals surface area (Å²) in [6, 6.07) is 6.69. The summed E-state index contributed by atoms with van der Waals surface area (Å²) in [5.74, 6) is 0. The summed E-state index contributed by atoms with van der Waals surface area (Å²) >= 11 is 0. The zero-order chi connectivity index (χ0) is 10.7. The van der Waals surface area contributed by atoms with Crippen molar-refractivity contribution < 1.29 is 0 Å². The number of aryl methyl sites for hydroxylation is 1. The molecular formula is C14H18Si. The lowest BCUT2D eigenvalue weighted by Gasteiger charge is -2.17. The lowest BCUT2D eigenvalue weighted by Crippen LogP contribution is -2.22. The van der Waals surface area contributed by atoms with Gasteiger partial charge < -0.3 is 0 Å². The van der Waals surface area contributed by atoms with Gasteiger partial charge in [-0.2, -0.15) is 0 Å². The van der Waals surface area contributed by atoms with Crippen molar-refractivity contribution in [2.75, 3.05) is 0 Å². The van der Waals surface area contributed by atoms with Crippen molar-refractivity contribution in [1.82, 2.24) is 0 Å². The molecule has 1 aliphatic rings. The molecule has 0 spiro atoms. The molecule has 78 valence electrons. The molecule has 0 amide bonds. The van der Waals surface area contributed by atoms with E-state index in [4.69, 9.17) is 0 Å². The molecule has 0 bridgehead atoms. The molecule has 1 atom stereocenters. The third kappa shape index (κ3) is 2.60. The lowest BCUT2D eigenvalue weighted by atomic mass is 10.1. The van der Waals surface area contributed by atoms with Crippen molar-refractivity contribution in [3.63, 3.8) is 0 Å². The van der Waals surface area contributed by atoms with Gasteiger partial charge in [-0.25, -0.2) is 0 Å². The van der Waals surface area contributed by atoms with Gasteiger partial charge in [0.1, 0.15) is 0 Å². The molecular weight excluding hydrogens is 196 g/mol. The molecule has 0 N–H and O–H groups in total. The third-order valence-corrected chi connectivity index (χ3v) is 4.90. The Kier molecular flexibility index (Phi) is 3.42. The van der Waals surface area contributed by atoms with Crippen LogP contribution in [0.5, 0.6) is 0 Å². The molecule has 0 nitrogen and oxygen atoms in total.